The molecule has 5 nitrogen and oxygen atoms in total. The summed E-state index contributed by atoms with van der Waals surface area (Å²) in [5.41, 5.74) is 0.979. The van der Waals surface area contributed by atoms with E-state index in [2.05, 4.69) is 20.9 Å². The van der Waals surface area contributed by atoms with Crippen LogP contribution in [0.2, 0.25) is 5.02 Å². The number of pyridine rings is 1. The highest BCUT2D eigenvalue weighted by atomic mass is 35.5. The van der Waals surface area contributed by atoms with Crippen molar-refractivity contribution in [3.8, 4) is 5.75 Å². The molecule has 1 aliphatic rings. The zero-order chi connectivity index (χ0) is 17.6. The molecule has 1 atom stereocenters. The van der Waals surface area contributed by atoms with Gasteiger partial charge in [-0.3, -0.25) is 9.80 Å². The third-order valence-corrected chi connectivity index (χ3v) is 4.68. The summed E-state index contributed by atoms with van der Waals surface area (Å²) >= 11 is 5.95. The summed E-state index contributed by atoms with van der Waals surface area (Å²) in [6, 6.07) is 11.6. The molecule has 1 saturated heterocycles. The van der Waals surface area contributed by atoms with E-state index in [1.807, 2.05) is 37.4 Å². The number of aliphatic hydroxyl groups excluding tert-OH is 1. The van der Waals surface area contributed by atoms with E-state index >= 15 is 0 Å². The number of H-pyrrole nitrogens is 1. The summed E-state index contributed by atoms with van der Waals surface area (Å²) in [4.78, 5) is 7.88. The lowest BCUT2D eigenvalue weighted by atomic mass is 10.2. The lowest BCUT2D eigenvalue weighted by molar-refractivity contribution is -0.364. The van der Waals surface area contributed by atoms with Crippen LogP contribution in [0.5, 0.6) is 5.75 Å². The minimum Gasteiger partial charge on any atom is -0.491 e. The van der Waals surface area contributed by atoms with Crippen molar-refractivity contribution in [3.05, 3.63) is 53.2 Å². The van der Waals surface area contributed by atoms with E-state index < -0.39 is 6.10 Å². The standard InChI is InChI=1S/C19H24ClN3O2/c1-15-12-16(20)5-6-18(15)25-14-17(24)13-22-8-10-23(11-9-22)19-4-2-3-7-21-19/h2-7,12,17,24H,8-11,13-14H2,1H3/p+1/t17-/m0/s1. The number of aliphatic hydroxyl groups is 1. The molecule has 1 aromatic heterocycles. The van der Waals surface area contributed by atoms with Crippen molar-refractivity contribution in [3.63, 3.8) is 0 Å². The molecule has 0 amide bonds. The molecule has 2 aromatic rings. The Hall–Kier alpha value is -1.82. The van der Waals surface area contributed by atoms with Crippen LogP contribution in [0.15, 0.2) is 42.6 Å². The predicted octanol–water partition coefficient (Wildman–Crippen LogP) is 2.02. The van der Waals surface area contributed by atoms with Gasteiger partial charge >= 0.3 is 0 Å². The fourth-order valence-electron chi connectivity index (χ4n) is 3.06. The van der Waals surface area contributed by atoms with E-state index in [0.717, 1.165) is 43.3 Å². The number of anilines is 1. The molecule has 1 aromatic carbocycles. The maximum Gasteiger partial charge on any atom is 0.274 e. The lowest BCUT2D eigenvalue weighted by Gasteiger charge is -2.32. The molecule has 0 saturated carbocycles. The molecule has 0 spiro atoms. The number of halogens is 1. The summed E-state index contributed by atoms with van der Waals surface area (Å²) < 4.78 is 5.73. The van der Waals surface area contributed by atoms with Crippen LogP contribution in [0.3, 0.4) is 0 Å². The monoisotopic (exact) mass is 362 g/mol. The number of aromatic amines is 1. The molecule has 0 radical (unpaired) electrons. The molecular formula is C19H25ClN3O2+. The van der Waals surface area contributed by atoms with Gasteiger partial charge in [0.2, 0.25) is 0 Å². The number of aromatic nitrogens is 1. The van der Waals surface area contributed by atoms with E-state index in [4.69, 9.17) is 16.3 Å². The Kier molecular flexibility index (Phi) is 6.13. The lowest BCUT2D eigenvalue weighted by Crippen LogP contribution is -2.50. The minimum atomic E-state index is -0.509. The molecule has 134 valence electrons. The van der Waals surface area contributed by atoms with Crippen LogP contribution in [0, 0.1) is 6.92 Å². The highest BCUT2D eigenvalue weighted by Gasteiger charge is 2.24. The van der Waals surface area contributed by atoms with Crippen molar-refractivity contribution in [2.75, 3.05) is 44.2 Å². The van der Waals surface area contributed by atoms with E-state index in [0.29, 0.717) is 11.6 Å². The number of piperazine rings is 1. The zero-order valence-electron chi connectivity index (χ0n) is 14.5. The second-order valence-corrected chi connectivity index (χ2v) is 6.85. The number of rotatable bonds is 6. The number of β-amino-alcohol motifs (C(OH)–C–C–N with tert-alkyl or cyclic N) is 1. The predicted molar refractivity (Wildman–Crippen MR) is 99.3 cm³/mol. The molecule has 2 heterocycles. The second-order valence-electron chi connectivity index (χ2n) is 6.41. The Morgan fingerprint density at radius 1 is 1.20 bits per heavy atom. The molecule has 25 heavy (non-hydrogen) atoms. The summed E-state index contributed by atoms with van der Waals surface area (Å²) in [5.74, 6) is 1.91. The van der Waals surface area contributed by atoms with Crippen LogP contribution in [-0.4, -0.2) is 55.4 Å². The number of nitrogens with zero attached hydrogens (tertiary/aromatic N) is 2. The van der Waals surface area contributed by atoms with Gasteiger partial charge < -0.3 is 9.84 Å². The first-order chi connectivity index (χ1) is 12.1. The smallest absolute Gasteiger partial charge is 0.274 e. The van der Waals surface area contributed by atoms with Gasteiger partial charge in [0.05, 0.1) is 19.3 Å². The van der Waals surface area contributed by atoms with Crippen LogP contribution in [0.25, 0.3) is 0 Å². The topological polar surface area (TPSA) is 50.1 Å². The van der Waals surface area contributed by atoms with Crippen molar-refractivity contribution in [1.29, 1.82) is 0 Å². The second kappa shape index (κ2) is 8.52. The van der Waals surface area contributed by atoms with Gasteiger partial charge in [0.1, 0.15) is 18.5 Å². The first-order valence-corrected chi connectivity index (χ1v) is 9.00. The van der Waals surface area contributed by atoms with Gasteiger partial charge in [-0.25, -0.2) is 4.98 Å². The molecular weight excluding hydrogens is 338 g/mol. The number of ether oxygens (including phenoxy) is 1. The maximum atomic E-state index is 10.3. The summed E-state index contributed by atoms with van der Waals surface area (Å²) in [6.45, 7) is 6.62. The number of hydrogen-bond donors (Lipinski definition) is 1. The summed E-state index contributed by atoms with van der Waals surface area (Å²) in [6.07, 6.45) is 1.44. The van der Waals surface area contributed by atoms with E-state index in [1.165, 1.54) is 0 Å². The number of aryl methyl sites for hydroxylation is 1. The van der Waals surface area contributed by atoms with Crippen LogP contribution in [-0.2, 0) is 0 Å². The average Bonchev–Trinajstić information content (AvgIpc) is 2.62. The number of nitrogens with one attached hydrogen (secondary N) is 1. The van der Waals surface area contributed by atoms with E-state index in [9.17, 15) is 5.11 Å². The highest BCUT2D eigenvalue weighted by Crippen LogP contribution is 2.22. The first-order valence-electron chi connectivity index (χ1n) is 8.63. The SMILES string of the molecule is Cc1cc(Cl)ccc1OC[C@@H](O)CN1CCN(c2cccc[nH+]2)CC1. The van der Waals surface area contributed by atoms with Crippen molar-refractivity contribution in [1.82, 2.24) is 4.90 Å². The quantitative estimate of drug-likeness (QED) is 0.854. The molecule has 0 unspecified atom stereocenters. The van der Waals surface area contributed by atoms with Crippen LogP contribution in [0.1, 0.15) is 5.56 Å². The molecule has 1 aliphatic heterocycles. The number of hydrogen-bond acceptors (Lipinski definition) is 4. The van der Waals surface area contributed by atoms with Crippen LogP contribution < -0.4 is 14.6 Å². The van der Waals surface area contributed by atoms with E-state index in [-0.39, 0.29) is 6.61 Å². The molecule has 0 aliphatic carbocycles. The first kappa shape index (κ1) is 18.0. The van der Waals surface area contributed by atoms with Gasteiger partial charge in [-0.05, 0) is 36.8 Å². The fourth-order valence-corrected chi connectivity index (χ4v) is 3.29. The van der Waals surface area contributed by atoms with Gasteiger partial charge in [0.25, 0.3) is 5.82 Å². The Labute approximate surface area is 153 Å². The van der Waals surface area contributed by atoms with Crippen molar-refractivity contribution >= 4 is 17.4 Å². The Morgan fingerprint density at radius 2 is 2.00 bits per heavy atom. The normalized spacial score (nSPS) is 16.7. The summed E-state index contributed by atoms with van der Waals surface area (Å²) in [7, 11) is 0. The van der Waals surface area contributed by atoms with E-state index in [1.54, 1.807) is 6.07 Å². The van der Waals surface area contributed by atoms with Gasteiger partial charge in [-0.2, -0.15) is 0 Å². The Balaban J connectivity index is 1.42. The van der Waals surface area contributed by atoms with Crippen LogP contribution in [0.4, 0.5) is 5.82 Å². The molecule has 2 N–H and O–H groups in total. The van der Waals surface area contributed by atoms with Crippen molar-refractivity contribution in [2.45, 2.75) is 13.0 Å². The Bertz CT molecular complexity index is 676. The summed E-state index contributed by atoms with van der Waals surface area (Å²) in [5, 5.41) is 11.0. The highest BCUT2D eigenvalue weighted by molar-refractivity contribution is 6.30. The fraction of sp³-hybridized carbons (Fsp3) is 0.421. The third kappa shape index (κ3) is 5.08. The Morgan fingerprint density at radius 3 is 2.68 bits per heavy atom. The van der Waals surface area contributed by atoms with Crippen LogP contribution >= 0.6 is 11.6 Å². The zero-order valence-corrected chi connectivity index (χ0v) is 15.2. The van der Waals surface area contributed by atoms with Gasteiger partial charge in [0, 0.05) is 30.7 Å². The van der Waals surface area contributed by atoms with Crippen molar-refractivity contribution < 1.29 is 14.8 Å². The largest absolute Gasteiger partial charge is 0.491 e. The number of benzene rings is 1. The van der Waals surface area contributed by atoms with Gasteiger partial charge in [0.15, 0.2) is 0 Å². The minimum absolute atomic E-state index is 0.287. The molecule has 0 bridgehead atoms. The van der Waals surface area contributed by atoms with Crippen molar-refractivity contribution in [2.24, 2.45) is 0 Å². The molecule has 3 rings (SSSR count). The molecule has 6 heteroatoms. The molecule has 1 fully saturated rings. The van der Waals surface area contributed by atoms with Gasteiger partial charge in [-0.15, -0.1) is 0 Å². The third-order valence-electron chi connectivity index (χ3n) is 4.44. The van der Waals surface area contributed by atoms with Gasteiger partial charge in [-0.1, -0.05) is 17.7 Å². The average molecular weight is 363 g/mol. The maximum absolute atomic E-state index is 10.3.